The molecule has 0 aliphatic rings. The third kappa shape index (κ3) is 4.45. The van der Waals surface area contributed by atoms with Gasteiger partial charge in [0.05, 0.1) is 12.8 Å². The molecule has 21 heavy (non-hydrogen) atoms. The van der Waals surface area contributed by atoms with Crippen LogP contribution in [0.2, 0.25) is 0 Å². The van der Waals surface area contributed by atoms with Crippen LogP contribution in [0.3, 0.4) is 0 Å². The van der Waals surface area contributed by atoms with Crippen molar-refractivity contribution < 1.29 is 4.42 Å². The Hall–Kier alpha value is -1.58. The van der Waals surface area contributed by atoms with Crippen LogP contribution in [0.4, 0.5) is 0 Å². The van der Waals surface area contributed by atoms with Crippen molar-refractivity contribution in [1.82, 2.24) is 4.90 Å². The van der Waals surface area contributed by atoms with Crippen molar-refractivity contribution in [2.45, 2.75) is 32.9 Å². The van der Waals surface area contributed by atoms with Gasteiger partial charge in [0.15, 0.2) is 0 Å². The predicted molar refractivity (Wildman–Crippen MR) is 87.0 cm³/mol. The minimum atomic E-state index is 0.211. The summed E-state index contributed by atoms with van der Waals surface area (Å²) in [5.41, 5.74) is 8.63. The van der Waals surface area contributed by atoms with Gasteiger partial charge in [0, 0.05) is 12.6 Å². The van der Waals surface area contributed by atoms with Crippen LogP contribution in [0, 0.1) is 5.92 Å². The summed E-state index contributed by atoms with van der Waals surface area (Å²) in [6, 6.07) is 13.0. The maximum atomic E-state index is 5.98. The highest BCUT2D eigenvalue weighted by Crippen LogP contribution is 2.21. The zero-order chi connectivity index (χ0) is 15.2. The van der Waals surface area contributed by atoms with E-state index in [2.05, 4.69) is 50.1 Å². The van der Waals surface area contributed by atoms with Crippen LogP contribution >= 0.6 is 0 Å². The van der Waals surface area contributed by atoms with Crippen LogP contribution in [0.5, 0.6) is 0 Å². The van der Waals surface area contributed by atoms with Gasteiger partial charge < -0.3 is 10.2 Å². The molecule has 3 heteroatoms. The summed E-state index contributed by atoms with van der Waals surface area (Å²) in [6.45, 7) is 5.85. The molecule has 1 atom stereocenters. The summed E-state index contributed by atoms with van der Waals surface area (Å²) in [6.07, 6.45) is 2.83. The van der Waals surface area contributed by atoms with Gasteiger partial charge in [-0.2, -0.15) is 0 Å². The molecule has 0 spiro atoms. The second kappa shape index (κ2) is 7.43. The third-order valence-electron chi connectivity index (χ3n) is 3.75. The quantitative estimate of drug-likeness (QED) is 0.845. The van der Waals surface area contributed by atoms with Gasteiger partial charge in [0.1, 0.15) is 5.76 Å². The Morgan fingerprint density at radius 3 is 2.38 bits per heavy atom. The van der Waals surface area contributed by atoms with Gasteiger partial charge in [-0.05, 0) is 42.6 Å². The standard InChI is InChI=1S/C18H26N2O/c1-14(2)11-15-6-8-16(9-7-15)18(12-19)20(3)13-17-5-4-10-21-17/h4-10,14,18H,11-13,19H2,1-3H3. The van der Waals surface area contributed by atoms with Crippen molar-refractivity contribution >= 4 is 0 Å². The molecule has 1 unspecified atom stereocenters. The summed E-state index contributed by atoms with van der Waals surface area (Å²) < 4.78 is 5.42. The van der Waals surface area contributed by atoms with Crippen molar-refractivity contribution in [3.8, 4) is 0 Å². The van der Waals surface area contributed by atoms with E-state index in [1.54, 1.807) is 6.26 Å². The van der Waals surface area contributed by atoms with E-state index in [9.17, 15) is 0 Å². The first-order valence-electron chi connectivity index (χ1n) is 7.61. The lowest BCUT2D eigenvalue weighted by Gasteiger charge is -2.26. The molecule has 2 rings (SSSR count). The lowest BCUT2D eigenvalue weighted by molar-refractivity contribution is 0.223. The Bertz CT molecular complexity index is 517. The van der Waals surface area contributed by atoms with Gasteiger partial charge in [-0.3, -0.25) is 4.90 Å². The Morgan fingerprint density at radius 2 is 1.86 bits per heavy atom. The summed E-state index contributed by atoms with van der Waals surface area (Å²) in [4.78, 5) is 2.23. The molecule has 0 aliphatic carbocycles. The van der Waals surface area contributed by atoms with Crippen LogP contribution in [-0.2, 0) is 13.0 Å². The van der Waals surface area contributed by atoms with Crippen LogP contribution < -0.4 is 5.73 Å². The molecular formula is C18H26N2O. The Labute approximate surface area is 127 Å². The smallest absolute Gasteiger partial charge is 0.117 e. The Balaban J connectivity index is 2.05. The van der Waals surface area contributed by atoms with E-state index in [0.717, 1.165) is 18.7 Å². The zero-order valence-electron chi connectivity index (χ0n) is 13.3. The summed E-state index contributed by atoms with van der Waals surface area (Å²) >= 11 is 0. The van der Waals surface area contributed by atoms with Crippen molar-refractivity contribution in [3.05, 3.63) is 59.5 Å². The van der Waals surface area contributed by atoms with Gasteiger partial charge in [-0.25, -0.2) is 0 Å². The van der Waals surface area contributed by atoms with Crippen molar-refractivity contribution in [2.24, 2.45) is 11.7 Å². The van der Waals surface area contributed by atoms with E-state index in [4.69, 9.17) is 10.2 Å². The maximum Gasteiger partial charge on any atom is 0.117 e. The number of likely N-dealkylation sites (N-methyl/N-ethyl adjacent to an activating group) is 1. The molecule has 0 bridgehead atoms. The van der Waals surface area contributed by atoms with Gasteiger partial charge in [-0.15, -0.1) is 0 Å². The number of hydrogen-bond donors (Lipinski definition) is 1. The second-order valence-corrected chi connectivity index (χ2v) is 6.09. The fourth-order valence-electron chi connectivity index (χ4n) is 2.68. The van der Waals surface area contributed by atoms with Gasteiger partial charge in [0.25, 0.3) is 0 Å². The molecular weight excluding hydrogens is 260 g/mol. The van der Waals surface area contributed by atoms with Crippen molar-refractivity contribution in [2.75, 3.05) is 13.6 Å². The largest absolute Gasteiger partial charge is 0.468 e. The number of nitrogens with two attached hydrogens (primary N) is 1. The lowest BCUT2D eigenvalue weighted by atomic mass is 9.99. The maximum absolute atomic E-state index is 5.98. The molecule has 114 valence electrons. The minimum Gasteiger partial charge on any atom is -0.468 e. The molecule has 0 saturated heterocycles. The number of nitrogens with zero attached hydrogens (tertiary/aromatic N) is 1. The lowest BCUT2D eigenvalue weighted by Crippen LogP contribution is -2.30. The van der Waals surface area contributed by atoms with E-state index in [1.165, 1.54) is 11.1 Å². The van der Waals surface area contributed by atoms with E-state index in [-0.39, 0.29) is 6.04 Å². The minimum absolute atomic E-state index is 0.211. The molecule has 2 N–H and O–H groups in total. The van der Waals surface area contributed by atoms with Gasteiger partial charge >= 0.3 is 0 Å². The van der Waals surface area contributed by atoms with Gasteiger partial charge in [-0.1, -0.05) is 38.1 Å². The molecule has 0 amide bonds. The Kier molecular flexibility index (Phi) is 5.59. The summed E-state index contributed by atoms with van der Waals surface area (Å²) in [5, 5.41) is 0. The molecule has 1 aromatic heterocycles. The molecule has 3 nitrogen and oxygen atoms in total. The molecule has 0 radical (unpaired) electrons. The predicted octanol–water partition coefficient (Wildman–Crippen LogP) is 3.61. The highest BCUT2D eigenvalue weighted by Gasteiger charge is 2.16. The van der Waals surface area contributed by atoms with Crippen molar-refractivity contribution in [3.63, 3.8) is 0 Å². The van der Waals surface area contributed by atoms with Crippen LogP contribution in [0.15, 0.2) is 47.1 Å². The zero-order valence-corrected chi connectivity index (χ0v) is 13.3. The van der Waals surface area contributed by atoms with Crippen molar-refractivity contribution in [1.29, 1.82) is 0 Å². The number of hydrogen-bond acceptors (Lipinski definition) is 3. The monoisotopic (exact) mass is 286 g/mol. The average molecular weight is 286 g/mol. The average Bonchev–Trinajstić information content (AvgIpc) is 2.93. The highest BCUT2D eigenvalue weighted by molar-refractivity contribution is 5.25. The fourth-order valence-corrected chi connectivity index (χ4v) is 2.68. The third-order valence-corrected chi connectivity index (χ3v) is 3.75. The molecule has 1 aromatic carbocycles. The van der Waals surface area contributed by atoms with E-state index < -0.39 is 0 Å². The van der Waals surface area contributed by atoms with Crippen LogP contribution in [0.25, 0.3) is 0 Å². The first-order chi connectivity index (χ1) is 10.1. The fraction of sp³-hybridized carbons (Fsp3) is 0.444. The topological polar surface area (TPSA) is 42.4 Å². The van der Waals surface area contributed by atoms with E-state index in [0.29, 0.717) is 12.5 Å². The van der Waals surface area contributed by atoms with Gasteiger partial charge in [0.2, 0.25) is 0 Å². The van der Waals surface area contributed by atoms with Crippen LogP contribution in [0.1, 0.15) is 36.8 Å². The number of furan rings is 1. The summed E-state index contributed by atoms with van der Waals surface area (Å²) in [7, 11) is 2.09. The SMILES string of the molecule is CC(C)Cc1ccc(C(CN)N(C)Cc2ccco2)cc1. The van der Waals surface area contributed by atoms with E-state index >= 15 is 0 Å². The van der Waals surface area contributed by atoms with E-state index in [1.807, 2.05) is 12.1 Å². The molecule has 0 aliphatic heterocycles. The Morgan fingerprint density at radius 1 is 1.14 bits per heavy atom. The first-order valence-corrected chi connectivity index (χ1v) is 7.61. The molecule has 0 fully saturated rings. The molecule has 1 heterocycles. The first kappa shape index (κ1) is 15.8. The molecule has 2 aromatic rings. The van der Waals surface area contributed by atoms with Crippen LogP contribution in [-0.4, -0.2) is 18.5 Å². The molecule has 0 saturated carbocycles. The normalized spacial score (nSPS) is 13.0. The highest BCUT2D eigenvalue weighted by atomic mass is 16.3. The number of benzene rings is 1. The second-order valence-electron chi connectivity index (χ2n) is 6.09. The summed E-state index contributed by atoms with van der Waals surface area (Å²) in [5.74, 6) is 1.65. The number of rotatable bonds is 7.